The second kappa shape index (κ2) is 5.52. The molecule has 0 atom stereocenters. The van der Waals surface area contributed by atoms with Gasteiger partial charge in [0.05, 0.1) is 0 Å². The van der Waals surface area contributed by atoms with Gasteiger partial charge in [0.2, 0.25) is 0 Å². The van der Waals surface area contributed by atoms with Crippen molar-refractivity contribution in [1.82, 2.24) is 0 Å². The molecule has 0 amide bonds. The molecule has 2 aromatic rings. The van der Waals surface area contributed by atoms with Crippen LogP contribution in [0.25, 0.3) is 0 Å². The van der Waals surface area contributed by atoms with Gasteiger partial charge in [-0.2, -0.15) is 0 Å². The number of hydrogen-bond donors (Lipinski definition) is 1. The number of halogens is 1. The van der Waals surface area contributed by atoms with Crippen molar-refractivity contribution in [1.29, 1.82) is 0 Å². The van der Waals surface area contributed by atoms with Gasteiger partial charge in [0, 0.05) is 5.56 Å². The number of carboxylic acid groups (broad SMARTS) is 1. The molecule has 0 aromatic heterocycles. The lowest BCUT2D eigenvalue weighted by Gasteiger charge is -2.11. The van der Waals surface area contributed by atoms with Crippen LogP contribution in [-0.2, 0) is 6.61 Å². The van der Waals surface area contributed by atoms with Gasteiger partial charge in [-0.25, -0.2) is 9.18 Å². The number of aromatic carboxylic acids is 1. The highest BCUT2D eigenvalue weighted by molar-refractivity contribution is 5.92. The topological polar surface area (TPSA) is 46.5 Å². The third-order valence-electron chi connectivity index (χ3n) is 2.81. The molecule has 0 heterocycles. The first-order valence-electron chi connectivity index (χ1n) is 5.78. The normalized spacial score (nSPS) is 10.2. The molecule has 0 aliphatic rings. The Bertz CT molecular complexity index is 594. The largest absolute Gasteiger partial charge is 0.488 e. The fourth-order valence-corrected chi connectivity index (χ4v) is 1.78. The molecule has 0 aliphatic carbocycles. The fraction of sp³-hybridized carbons (Fsp3) is 0.133. The van der Waals surface area contributed by atoms with Crippen molar-refractivity contribution in [2.45, 2.75) is 13.5 Å². The number of carboxylic acids is 1. The summed E-state index contributed by atoms with van der Waals surface area (Å²) in [6.45, 7) is 1.67. The van der Waals surface area contributed by atoms with Gasteiger partial charge in [0.1, 0.15) is 23.7 Å². The van der Waals surface area contributed by atoms with Crippen LogP contribution in [-0.4, -0.2) is 11.1 Å². The SMILES string of the molecule is Cc1c(F)ccc(OCc2ccccc2)c1C(=O)O. The van der Waals surface area contributed by atoms with E-state index >= 15 is 0 Å². The van der Waals surface area contributed by atoms with E-state index in [1.807, 2.05) is 30.3 Å². The molecule has 0 aliphatic heterocycles. The van der Waals surface area contributed by atoms with Crippen LogP contribution in [0.3, 0.4) is 0 Å². The van der Waals surface area contributed by atoms with E-state index in [1.165, 1.54) is 19.1 Å². The average molecular weight is 260 g/mol. The van der Waals surface area contributed by atoms with Crippen LogP contribution in [0.1, 0.15) is 21.5 Å². The van der Waals surface area contributed by atoms with E-state index in [0.29, 0.717) is 0 Å². The Hall–Kier alpha value is -2.36. The Kier molecular flexibility index (Phi) is 3.80. The molecule has 0 radical (unpaired) electrons. The van der Waals surface area contributed by atoms with E-state index in [4.69, 9.17) is 9.84 Å². The first-order chi connectivity index (χ1) is 9.09. The van der Waals surface area contributed by atoms with Gasteiger partial charge in [0.15, 0.2) is 0 Å². The standard InChI is InChI=1S/C15H13FO3/c1-10-12(16)7-8-13(14(10)15(17)18)19-9-11-5-3-2-4-6-11/h2-8H,9H2,1H3,(H,17,18). The summed E-state index contributed by atoms with van der Waals surface area (Å²) in [5.74, 6) is -1.57. The van der Waals surface area contributed by atoms with Gasteiger partial charge in [-0.3, -0.25) is 0 Å². The van der Waals surface area contributed by atoms with Crippen LogP contribution in [0.4, 0.5) is 4.39 Å². The van der Waals surface area contributed by atoms with Gasteiger partial charge in [-0.1, -0.05) is 30.3 Å². The van der Waals surface area contributed by atoms with E-state index in [9.17, 15) is 9.18 Å². The predicted molar refractivity (Wildman–Crippen MR) is 68.9 cm³/mol. The van der Waals surface area contributed by atoms with Crippen LogP contribution in [0.5, 0.6) is 5.75 Å². The molecule has 4 heteroatoms. The maximum Gasteiger partial charge on any atom is 0.339 e. The molecule has 3 nitrogen and oxygen atoms in total. The van der Waals surface area contributed by atoms with E-state index in [2.05, 4.69) is 0 Å². The average Bonchev–Trinajstić information content (AvgIpc) is 2.41. The van der Waals surface area contributed by atoms with Crippen molar-refractivity contribution in [3.63, 3.8) is 0 Å². The Balaban J connectivity index is 2.26. The highest BCUT2D eigenvalue weighted by Gasteiger charge is 2.17. The van der Waals surface area contributed by atoms with Crippen molar-refractivity contribution < 1.29 is 19.0 Å². The van der Waals surface area contributed by atoms with Crippen LogP contribution >= 0.6 is 0 Å². The predicted octanol–water partition coefficient (Wildman–Crippen LogP) is 3.41. The summed E-state index contributed by atoms with van der Waals surface area (Å²) in [5, 5.41) is 9.12. The Labute approximate surface area is 110 Å². The second-order valence-corrected chi connectivity index (χ2v) is 4.12. The highest BCUT2D eigenvalue weighted by atomic mass is 19.1. The molecule has 0 bridgehead atoms. The number of carbonyl (C=O) groups is 1. The number of hydrogen-bond acceptors (Lipinski definition) is 2. The van der Waals surface area contributed by atoms with Crippen LogP contribution in [0.15, 0.2) is 42.5 Å². The number of benzene rings is 2. The fourth-order valence-electron chi connectivity index (χ4n) is 1.78. The Morgan fingerprint density at radius 3 is 2.53 bits per heavy atom. The van der Waals surface area contributed by atoms with Crippen molar-refractivity contribution in [2.24, 2.45) is 0 Å². The minimum Gasteiger partial charge on any atom is -0.488 e. The van der Waals surface area contributed by atoms with Crippen LogP contribution in [0.2, 0.25) is 0 Å². The van der Waals surface area contributed by atoms with Crippen molar-refractivity contribution in [3.05, 3.63) is 65.0 Å². The van der Waals surface area contributed by atoms with Gasteiger partial charge < -0.3 is 9.84 Å². The van der Waals surface area contributed by atoms with Crippen LogP contribution in [0, 0.1) is 12.7 Å². The monoisotopic (exact) mass is 260 g/mol. The summed E-state index contributed by atoms with van der Waals surface area (Å²) in [7, 11) is 0. The zero-order valence-electron chi connectivity index (χ0n) is 10.4. The lowest BCUT2D eigenvalue weighted by atomic mass is 10.1. The summed E-state index contributed by atoms with van der Waals surface area (Å²) < 4.78 is 18.8. The molecular formula is C15H13FO3. The summed E-state index contributed by atoms with van der Waals surface area (Å²) in [5.41, 5.74) is 0.870. The summed E-state index contributed by atoms with van der Waals surface area (Å²) in [6.07, 6.45) is 0. The maximum absolute atomic E-state index is 13.4. The lowest BCUT2D eigenvalue weighted by Crippen LogP contribution is -2.07. The molecular weight excluding hydrogens is 247 g/mol. The summed E-state index contributed by atoms with van der Waals surface area (Å²) in [4.78, 5) is 11.2. The van der Waals surface area contributed by atoms with Crippen molar-refractivity contribution >= 4 is 5.97 Å². The third kappa shape index (κ3) is 2.91. The zero-order chi connectivity index (χ0) is 13.8. The Morgan fingerprint density at radius 2 is 1.89 bits per heavy atom. The lowest BCUT2D eigenvalue weighted by molar-refractivity contribution is 0.0690. The van der Waals surface area contributed by atoms with Crippen molar-refractivity contribution in [2.75, 3.05) is 0 Å². The molecule has 0 unspecified atom stereocenters. The summed E-state index contributed by atoms with van der Waals surface area (Å²) >= 11 is 0. The molecule has 0 saturated heterocycles. The molecule has 19 heavy (non-hydrogen) atoms. The number of rotatable bonds is 4. The smallest absolute Gasteiger partial charge is 0.339 e. The van der Waals surface area contributed by atoms with Crippen LogP contribution < -0.4 is 4.74 Å². The first-order valence-corrected chi connectivity index (χ1v) is 5.78. The number of ether oxygens (including phenoxy) is 1. The van der Waals surface area contributed by atoms with Gasteiger partial charge in [0.25, 0.3) is 0 Å². The minimum atomic E-state index is -1.19. The van der Waals surface area contributed by atoms with Gasteiger partial charge in [-0.15, -0.1) is 0 Å². The van der Waals surface area contributed by atoms with E-state index < -0.39 is 11.8 Å². The van der Waals surface area contributed by atoms with E-state index in [0.717, 1.165) is 5.56 Å². The molecule has 1 N–H and O–H groups in total. The third-order valence-corrected chi connectivity index (χ3v) is 2.81. The molecule has 0 spiro atoms. The Morgan fingerprint density at radius 1 is 1.21 bits per heavy atom. The first kappa shape index (κ1) is 13.1. The van der Waals surface area contributed by atoms with Crippen molar-refractivity contribution in [3.8, 4) is 5.75 Å². The molecule has 98 valence electrons. The minimum absolute atomic E-state index is 0.0815. The summed E-state index contributed by atoms with van der Waals surface area (Å²) in [6, 6.07) is 11.9. The van der Waals surface area contributed by atoms with Gasteiger partial charge >= 0.3 is 5.97 Å². The maximum atomic E-state index is 13.4. The quantitative estimate of drug-likeness (QED) is 0.916. The van der Waals surface area contributed by atoms with E-state index in [1.54, 1.807) is 0 Å². The van der Waals surface area contributed by atoms with E-state index in [-0.39, 0.29) is 23.5 Å². The zero-order valence-corrected chi connectivity index (χ0v) is 10.4. The molecule has 0 fully saturated rings. The molecule has 2 aromatic carbocycles. The molecule has 0 saturated carbocycles. The molecule has 2 rings (SSSR count). The highest BCUT2D eigenvalue weighted by Crippen LogP contribution is 2.25. The second-order valence-electron chi connectivity index (χ2n) is 4.12. The van der Waals surface area contributed by atoms with Gasteiger partial charge in [-0.05, 0) is 24.6 Å².